The largest absolute Gasteiger partial charge is 0.377 e. The van der Waals surface area contributed by atoms with Crippen molar-refractivity contribution in [1.29, 1.82) is 0 Å². The molecule has 1 fully saturated rings. The first kappa shape index (κ1) is 16.4. The Morgan fingerprint density at radius 1 is 1.38 bits per heavy atom. The van der Waals surface area contributed by atoms with Gasteiger partial charge in [0.25, 0.3) is 0 Å². The van der Waals surface area contributed by atoms with Gasteiger partial charge in [-0.2, -0.15) is 0 Å². The first-order valence-electron chi connectivity index (χ1n) is 7.98. The highest BCUT2D eigenvalue weighted by Gasteiger charge is 2.20. The minimum absolute atomic E-state index is 0.0183. The third-order valence-corrected chi connectivity index (χ3v) is 4.01. The maximum absolute atomic E-state index is 14.0. The molecule has 0 amide bonds. The topological polar surface area (TPSA) is 24.5 Å². The van der Waals surface area contributed by atoms with Gasteiger partial charge in [-0.25, -0.2) is 4.39 Å². The monoisotopic (exact) mass is 294 g/mol. The average Bonchev–Trinajstić information content (AvgIpc) is 2.48. The van der Waals surface area contributed by atoms with Crippen molar-refractivity contribution in [1.82, 2.24) is 10.2 Å². The van der Waals surface area contributed by atoms with E-state index >= 15 is 0 Å². The van der Waals surface area contributed by atoms with E-state index in [1.54, 1.807) is 6.07 Å². The highest BCUT2D eigenvalue weighted by molar-refractivity contribution is 5.21. The van der Waals surface area contributed by atoms with Crippen LogP contribution in [0, 0.1) is 5.82 Å². The lowest BCUT2D eigenvalue weighted by atomic mass is 10.0. The number of rotatable bonds is 7. The van der Waals surface area contributed by atoms with Crippen LogP contribution in [-0.4, -0.2) is 44.3 Å². The molecule has 2 unspecified atom stereocenters. The molecular formula is C17H27FN2O. The fraction of sp³-hybridized carbons (Fsp3) is 0.647. The van der Waals surface area contributed by atoms with Gasteiger partial charge in [0, 0.05) is 31.3 Å². The number of nitrogens with zero attached hydrogens (tertiary/aromatic N) is 1. The van der Waals surface area contributed by atoms with Crippen molar-refractivity contribution in [2.75, 3.05) is 33.3 Å². The molecule has 1 aromatic rings. The molecule has 1 aromatic carbocycles. The van der Waals surface area contributed by atoms with Gasteiger partial charge >= 0.3 is 0 Å². The van der Waals surface area contributed by atoms with E-state index in [-0.39, 0.29) is 11.9 Å². The third kappa shape index (κ3) is 5.06. The Hall–Kier alpha value is -0.970. The summed E-state index contributed by atoms with van der Waals surface area (Å²) in [7, 11) is 2.09. The minimum atomic E-state index is -0.134. The second kappa shape index (κ2) is 8.47. The Bertz CT molecular complexity index is 421. The van der Waals surface area contributed by atoms with Gasteiger partial charge in [-0.3, -0.25) is 0 Å². The van der Waals surface area contributed by atoms with E-state index < -0.39 is 0 Å². The fourth-order valence-electron chi connectivity index (χ4n) is 2.96. The van der Waals surface area contributed by atoms with E-state index in [9.17, 15) is 4.39 Å². The van der Waals surface area contributed by atoms with Gasteiger partial charge in [0.15, 0.2) is 0 Å². The molecule has 0 radical (unpaired) electrons. The first-order chi connectivity index (χ1) is 10.2. The predicted molar refractivity (Wildman–Crippen MR) is 83.9 cm³/mol. The standard InChI is InChI=1S/C17H27FN2O/c1-3-19-17(15-9-4-5-10-16(15)18)13-20(2)12-14-8-6-7-11-21-14/h4-5,9-10,14,17,19H,3,6-8,11-13H2,1-2H3. The van der Waals surface area contributed by atoms with Crippen LogP contribution < -0.4 is 5.32 Å². The Morgan fingerprint density at radius 2 is 2.19 bits per heavy atom. The third-order valence-electron chi connectivity index (χ3n) is 4.01. The fourth-order valence-corrected chi connectivity index (χ4v) is 2.96. The molecule has 0 saturated carbocycles. The van der Waals surface area contributed by atoms with Crippen LogP contribution >= 0.6 is 0 Å². The smallest absolute Gasteiger partial charge is 0.128 e. The summed E-state index contributed by atoms with van der Waals surface area (Å²) in [5.74, 6) is -0.134. The summed E-state index contributed by atoms with van der Waals surface area (Å²) in [6.45, 7) is 5.46. The zero-order chi connectivity index (χ0) is 15.1. The Labute approximate surface area is 127 Å². The Kier molecular flexibility index (Phi) is 6.61. The van der Waals surface area contributed by atoms with E-state index in [0.29, 0.717) is 6.10 Å². The van der Waals surface area contributed by atoms with Crippen LogP contribution in [0.15, 0.2) is 24.3 Å². The zero-order valence-electron chi connectivity index (χ0n) is 13.1. The van der Waals surface area contributed by atoms with Crippen molar-refractivity contribution in [3.05, 3.63) is 35.6 Å². The highest BCUT2D eigenvalue weighted by Crippen LogP contribution is 2.19. The molecule has 0 spiro atoms. The van der Waals surface area contributed by atoms with Gasteiger partial charge < -0.3 is 15.0 Å². The molecule has 1 saturated heterocycles. The van der Waals surface area contributed by atoms with Crippen molar-refractivity contribution >= 4 is 0 Å². The minimum Gasteiger partial charge on any atom is -0.377 e. The van der Waals surface area contributed by atoms with Crippen molar-refractivity contribution in [3.63, 3.8) is 0 Å². The van der Waals surface area contributed by atoms with Crippen molar-refractivity contribution in [3.8, 4) is 0 Å². The van der Waals surface area contributed by atoms with E-state index in [1.807, 2.05) is 12.1 Å². The van der Waals surface area contributed by atoms with Crippen LogP contribution in [-0.2, 0) is 4.74 Å². The van der Waals surface area contributed by atoms with Crippen LogP contribution in [0.4, 0.5) is 4.39 Å². The molecule has 1 aliphatic rings. The molecule has 1 N–H and O–H groups in total. The first-order valence-corrected chi connectivity index (χ1v) is 7.98. The van der Waals surface area contributed by atoms with Gasteiger partial charge in [-0.05, 0) is 38.9 Å². The zero-order valence-corrected chi connectivity index (χ0v) is 13.1. The SMILES string of the molecule is CCNC(CN(C)CC1CCCCO1)c1ccccc1F. The quantitative estimate of drug-likeness (QED) is 0.837. The number of nitrogens with one attached hydrogen (secondary N) is 1. The van der Waals surface area contributed by atoms with Crippen molar-refractivity contribution in [2.45, 2.75) is 38.3 Å². The van der Waals surface area contributed by atoms with Gasteiger partial charge in [0.05, 0.1) is 6.10 Å². The van der Waals surface area contributed by atoms with E-state index in [4.69, 9.17) is 4.74 Å². The van der Waals surface area contributed by atoms with Crippen LogP contribution in [0.2, 0.25) is 0 Å². The van der Waals surface area contributed by atoms with E-state index in [2.05, 4.69) is 24.2 Å². The molecule has 1 heterocycles. The average molecular weight is 294 g/mol. The molecule has 0 aromatic heterocycles. The molecule has 2 atom stereocenters. The molecule has 0 bridgehead atoms. The summed E-state index contributed by atoms with van der Waals surface area (Å²) in [4.78, 5) is 2.25. The number of ether oxygens (including phenoxy) is 1. The molecule has 118 valence electrons. The van der Waals surface area contributed by atoms with Crippen molar-refractivity contribution < 1.29 is 9.13 Å². The van der Waals surface area contributed by atoms with Gasteiger partial charge in [-0.15, -0.1) is 0 Å². The summed E-state index contributed by atoms with van der Waals surface area (Å²) >= 11 is 0. The number of benzene rings is 1. The second-order valence-corrected chi connectivity index (χ2v) is 5.84. The van der Waals surface area contributed by atoms with Gasteiger partial charge in [0.2, 0.25) is 0 Å². The summed E-state index contributed by atoms with van der Waals surface area (Å²) in [5, 5.41) is 3.39. The second-order valence-electron chi connectivity index (χ2n) is 5.84. The van der Waals surface area contributed by atoms with Crippen LogP contribution in [0.3, 0.4) is 0 Å². The molecule has 1 aliphatic heterocycles. The molecule has 2 rings (SSSR count). The van der Waals surface area contributed by atoms with Crippen LogP contribution in [0.5, 0.6) is 0 Å². The van der Waals surface area contributed by atoms with Gasteiger partial charge in [0.1, 0.15) is 5.82 Å². The van der Waals surface area contributed by atoms with Crippen LogP contribution in [0.1, 0.15) is 37.8 Å². The van der Waals surface area contributed by atoms with Gasteiger partial charge in [-0.1, -0.05) is 25.1 Å². The summed E-state index contributed by atoms with van der Waals surface area (Å²) in [5.41, 5.74) is 0.746. The van der Waals surface area contributed by atoms with Crippen molar-refractivity contribution in [2.24, 2.45) is 0 Å². The number of hydrogen-bond acceptors (Lipinski definition) is 3. The predicted octanol–water partition coefficient (Wildman–Crippen LogP) is 2.98. The number of likely N-dealkylation sites (N-methyl/N-ethyl adjacent to an activating group) is 2. The Balaban J connectivity index is 1.94. The summed E-state index contributed by atoms with van der Waals surface area (Å²) in [6, 6.07) is 7.05. The van der Waals surface area contributed by atoms with E-state index in [1.165, 1.54) is 18.9 Å². The van der Waals surface area contributed by atoms with E-state index in [0.717, 1.165) is 38.2 Å². The number of hydrogen-bond donors (Lipinski definition) is 1. The maximum Gasteiger partial charge on any atom is 0.128 e. The number of halogens is 1. The summed E-state index contributed by atoms with van der Waals surface area (Å²) in [6.07, 6.45) is 3.89. The molecule has 21 heavy (non-hydrogen) atoms. The lowest BCUT2D eigenvalue weighted by molar-refractivity contribution is -0.00265. The Morgan fingerprint density at radius 3 is 2.86 bits per heavy atom. The summed E-state index contributed by atoms with van der Waals surface area (Å²) < 4.78 is 19.8. The highest BCUT2D eigenvalue weighted by atomic mass is 19.1. The maximum atomic E-state index is 14.0. The normalized spacial score (nSPS) is 20.7. The van der Waals surface area contributed by atoms with Crippen LogP contribution in [0.25, 0.3) is 0 Å². The molecule has 0 aliphatic carbocycles. The molecule has 4 heteroatoms. The lowest BCUT2D eigenvalue weighted by Crippen LogP contribution is -2.39. The molecular weight excluding hydrogens is 267 g/mol. The molecule has 3 nitrogen and oxygen atoms in total. The lowest BCUT2D eigenvalue weighted by Gasteiger charge is -2.30.